The van der Waals surface area contributed by atoms with E-state index in [9.17, 15) is 19.7 Å². The smallest absolute Gasteiger partial charge is 0.345 e. The number of benzene rings is 1. The average Bonchev–Trinajstić information content (AvgIpc) is 2.42. The highest BCUT2D eigenvalue weighted by Crippen LogP contribution is 2.28. The number of ether oxygens (including phenoxy) is 2. The van der Waals surface area contributed by atoms with E-state index in [1.54, 1.807) is 20.8 Å². The minimum atomic E-state index is -1.34. The van der Waals surface area contributed by atoms with Gasteiger partial charge in [-0.1, -0.05) is 12.1 Å². The van der Waals surface area contributed by atoms with Crippen LogP contribution in [0.15, 0.2) is 18.2 Å². The molecule has 0 aliphatic carbocycles. The van der Waals surface area contributed by atoms with Crippen LogP contribution in [0.4, 0.5) is 5.69 Å². The molecule has 0 fully saturated rings. The number of carbonyl (C=O) groups excluding carboxylic acids is 2. The molecule has 0 aliphatic rings. The molecule has 8 heteroatoms. The number of methoxy groups -OCH3 is 1. The van der Waals surface area contributed by atoms with Gasteiger partial charge in [0.1, 0.15) is 17.2 Å². The lowest BCUT2D eigenvalue weighted by Crippen LogP contribution is -2.32. The third-order valence-corrected chi connectivity index (χ3v) is 2.66. The normalized spacial score (nSPS) is 12.4. The number of hydrogen-bond donors (Lipinski definition) is 1. The third kappa shape index (κ3) is 4.01. The van der Waals surface area contributed by atoms with Crippen LogP contribution in [0.1, 0.15) is 42.7 Å². The SMILES string of the molecule is COC(=O)c1c(C(N)C(=O)OC(C)(C)C)cccc1[N+](=O)[O-]. The van der Waals surface area contributed by atoms with Crippen molar-refractivity contribution >= 4 is 17.6 Å². The van der Waals surface area contributed by atoms with Crippen molar-refractivity contribution in [1.82, 2.24) is 0 Å². The second-order valence-corrected chi connectivity index (χ2v) is 5.50. The van der Waals surface area contributed by atoms with Gasteiger partial charge in [0.2, 0.25) is 0 Å². The van der Waals surface area contributed by atoms with Gasteiger partial charge in [-0.25, -0.2) is 9.59 Å². The molecule has 0 saturated heterocycles. The van der Waals surface area contributed by atoms with Gasteiger partial charge in [0.05, 0.1) is 12.0 Å². The molecule has 0 aromatic heterocycles. The second-order valence-electron chi connectivity index (χ2n) is 5.50. The minimum absolute atomic E-state index is 0.0182. The van der Waals surface area contributed by atoms with Crippen LogP contribution in [-0.4, -0.2) is 29.6 Å². The second kappa shape index (κ2) is 6.52. The Morgan fingerprint density at radius 2 is 1.91 bits per heavy atom. The van der Waals surface area contributed by atoms with Crippen molar-refractivity contribution in [2.45, 2.75) is 32.4 Å². The average molecular weight is 310 g/mol. The molecule has 0 aliphatic heterocycles. The Morgan fingerprint density at radius 3 is 2.36 bits per heavy atom. The van der Waals surface area contributed by atoms with Crippen molar-refractivity contribution in [3.63, 3.8) is 0 Å². The Morgan fingerprint density at radius 1 is 1.32 bits per heavy atom. The summed E-state index contributed by atoms with van der Waals surface area (Å²) in [5, 5.41) is 11.1. The molecule has 1 aromatic carbocycles. The van der Waals surface area contributed by atoms with E-state index in [-0.39, 0.29) is 11.1 Å². The van der Waals surface area contributed by atoms with E-state index in [1.807, 2.05) is 0 Å². The van der Waals surface area contributed by atoms with Crippen molar-refractivity contribution in [1.29, 1.82) is 0 Å². The Kier molecular flexibility index (Phi) is 5.21. The number of esters is 2. The van der Waals surface area contributed by atoms with Gasteiger partial charge in [0.25, 0.3) is 5.69 Å². The Bertz CT molecular complexity index is 606. The molecule has 0 heterocycles. The number of rotatable bonds is 4. The molecule has 8 nitrogen and oxygen atoms in total. The number of nitrogens with two attached hydrogens (primary N) is 1. The molecule has 1 atom stereocenters. The van der Waals surface area contributed by atoms with Gasteiger partial charge in [-0.2, -0.15) is 0 Å². The Labute approximate surface area is 127 Å². The highest BCUT2D eigenvalue weighted by Gasteiger charge is 2.32. The van der Waals surface area contributed by atoms with Gasteiger partial charge < -0.3 is 15.2 Å². The summed E-state index contributed by atoms with van der Waals surface area (Å²) >= 11 is 0. The number of nitro groups is 1. The molecule has 1 rings (SSSR count). The van der Waals surface area contributed by atoms with Crippen LogP contribution in [0.5, 0.6) is 0 Å². The van der Waals surface area contributed by atoms with Crippen LogP contribution in [0.25, 0.3) is 0 Å². The molecule has 1 aromatic rings. The summed E-state index contributed by atoms with van der Waals surface area (Å²) in [4.78, 5) is 34.2. The standard InChI is InChI=1S/C14H18N2O6/c1-14(2,3)22-13(18)11(15)8-6-5-7-9(16(19)20)10(8)12(17)21-4/h5-7,11H,15H2,1-4H3. The number of carbonyl (C=O) groups is 2. The lowest BCUT2D eigenvalue weighted by molar-refractivity contribution is -0.385. The fourth-order valence-corrected chi connectivity index (χ4v) is 1.79. The van der Waals surface area contributed by atoms with E-state index in [0.717, 1.165) is 13.2 Å². The Balaban J connectivity index is 3.34. The predicted octanol–water partition coefficient (Wildman–Crippen LogP) is 1.72. The fraction of sp³-hybridized carbons (Fsp3) is 0.429. The van der Waals surface area contributed by atoms with Crippen LogP contribution >= 0.6 is 0 Å². The van der Waals surface area contributed by atoms with Crippen molar-refractivity contribution < 1.29 is 24.0 Å². The molecule has 1 unspecified atom stereocenters. The zero-order chi connectivity index (χ0) is 17.1. The van der Waals surface area contributed by atoms with Crippen molar-refractivity contribution in [2.24, 2.45) is 5.73 Å². The van der Waals surface area contributed by atoms with Gasteiger partial charge in [-0.15, -0.1) is 0 Å². The van der Waals surface area contributed by atoms with Gasteiger partial charge >= 0.3 is 11.9 Å². The first-order chi connectivity index (χ1) is 10.1. The summed E-state index contributed by atoms with van der Waals surface area (Å²) < 4.78 is 9.68. The van der Waals surface area contributed by atoms with Gasteiger partial charge in [0.15, 0.2) is 0 Å². The van der Waals surface area contributed by atoms with Crippen LogP contribution in [0.2, 0.25) is 0 Å². The maximum absolute atomic E-state index is 12.0. The molecule has 0 bridgehead atoms. The molecular weight excluding hydrogens is 292 g/mol. The monoisotopic (exact) mass is 310 g/mol. The first-order valence-electron chi connectivity index (χ1n) is 6.42. The van der Waals surface area contributed by atoms with E-state index >= 15 is 0 Å². The molecule has 0 amide bonds. The third-order valence-electron chi connectivity index (χ3n) is 2.66. The van der Waals surface area contributed by atoms with Gasteiger partial charge in [0, 0.05) is 11.6 Å². The molecule has 120 valence electrons. The highest BCUT2D eigenvalue weighted by atomic mass is 16.6. The highest BCUT2D eigenvalue weighted by molar-refractivity contribution is 5.97. The van der Waals surface area contributed by atoms with Crippen molar-refractivity contribution in [3.05, 3.63) is 39.4 Å². The number of hydrogen-bond acceptors (Lipinski definition) is 7. The van der Waals surface area contributed by atoms with Crippen LogP contribution in [0, 0.1) is 10.1 Å². The summed E-state index contributed by atoms with van der Waals surface area (Å²) in [5.41, 5.74) is 4.17. The summed E-state index contributed by atoms with van der Waals surface area (Å²) in [6, 6.07) is 2.49. The zero-order valence-electron chi connectivity index (χ0n) is 12.8. The van der Waals surface area contributed by atoms with Crippen LogP contribution in [-0.2, 0) is 14.3 Å². The minimum Gasteiger partial charge on any atom is -0.465 e. The lowest BCUT2D eigenvalue weighted by atomic mass is 9.99. The van der Waals surface area contributed by atoms with E-state index in [1.165, 1.54) is 12.1 Å². The van der Waals surface area contributed by atoms with E-state index in [2.05, 4.69) is 4.74 Å². The summed E-state index contributed by atoms with van der Waals surface area (Å²) in [7, 11) is 1.09. The molecular formula is C14H18N2O6. The first kappa shape index (κ1) is 17.6. The largest absolute Gasteiger partial charge is 0.465 e. The summed E-state index contributed by atoms with van der Waals surface area (Å²) in [5.74, 6) is -1.74. The summed E-state index contributed by atoms with van der Waals surface area (Å²) in [6.07, 6.45) is 0. The number of nitrogens with zero attached hydrogens (tertiary/aromatic N) is 1. The maximum Gasteiger partial charge on any atom is 0.345 e. The van der Waals surface area contributed by atoms with E-state index in [0.29, 0.717) is 0 Å². The first-order valence-corrected chi connectivity index (χ1v) is 6.42. The molecule has 0 saturated carbocycles. The van der Waals surface area contributed by atoms with Crippen LogP contribution in [0.3, 0.4) is 0 Å². The van der Waals surface area contributed by atoms with E-state index < -0.39 is 34.2 Å². The molecule has 0 spiro atoms. The van der Waals surface area contributed by atoms with Crippen molar-refractivity contribution in [2.75, 3.05) is 7.11 Å². The Hall–Kier alpha value is -2.48. The molecule has 0 radical (unpaired) electrons. The molecule has 2 N–H and O–H groups in total. The van der Waals surface area contributed by atoms with Gasteiger partial charge in [-0.3, -0.25) is 10.1 Å². The fourth-order valence-electron chi connectivity index (χ4n) is 1.79. The van der Waals surface area contributed by atoms with E-state index in [4.69, 9.17) is 10.5 Å². The molecule has 22 heavy (non-hydrogen) atoms. The quantitative estimate of drug-likeness (QED) is 0.510. The number of nitro benzene ring substituents is 1. The van der Waals surface area contributed by atoms with Gasteiger partial charge in [-0.05, 0) is 20.8 Å². The topological polar surface area (TPSA) is 122 Å². The summed E-state index contributed by atoms with van der Waals surface area (Å²) in [6.45, 7) is 4.98. The maximum atomic E-state index is 12.0. The lowest BCUT2D eigenvalue weighted by Gasteiger charge is -2.23. The zero-order valence-corrected chi connectivity index (χ0v) is 12.8. The predicted molar refractivity (Wildman–Crippen MR) is 77.2 cm³/mol. The van der Waals surface area contributed by atoms with Crippen LogP contribution < -0.4 is 5.73 Å². The van der Waals surface area contributed by atoms with Crippen molar-refractivity contribution in [3.8, 4) is 0 Å².